The third-order valence-corrected chi connectivity index (χ3v) is 4.62. The van der Waals surface area contributed by atoms with Gasteiger partial charge in [-0.2, -0.15) is 0 Å². The molecule has 128 valence electrons. The van der Waals surface area contributed by atoms with Gasteiger partial charge in [0.15, 0.2) is 5.17 Å². The van der Waals surface area contributed by atoms with Crippen LogP contribution in [-0.2, 0) is 9.53 Å². The number of thioether (sulfide) groups is 1. The zero-order valence-electron chi connectivity index (χ0n) is 13.8. The molecule has 0 unspecified atom stereocenters. The van der Waals surface area contributed by atoms with Gasteiger partial charge in [0.25, 0.3) is 5.91 Å². The predicted octanol–water partition coefficient (Wildman–Crippen LogP) is 3.64. The molecule has 0 aliphatic carbocycles. The molecule has 2 aromatic carbocycles. The van der Waals surface area contributed by atoms with Crippen LogP contribution in [0.4, 0.5) is 5.69 Å². The lowest BCUT2D eigenvalue weighted by molar-refractivity contribution is -0.122. The average molecular weight is 354 g/mol. The minimum Gasteiger partial charge on any atom is -0.507 e. The SMILES string of the molecule is COCCN1C(=O)/C(=C/c2ccccc2O)SC1=Nc1ccccc1. The molecule has 1 fully saturated rings. The summed E-state index contributed by atoms with van der Waals surface area (Å²) in [6.07, 6.45) is 1.69. The molecule has 1 amide bonds. The lowest BCUT2D eigenvalue weighted by Gasteiger charge is -2.14. The number of rotatable bonds is 5. The van der Waals surface area contributed by atoms with Crippen LogP contribution in [0, 0.1) is 0 Å². The van der Waals surface area contributed by atoms with Gasteiger partial charge in [-0.3, -0.25) is 9.69 Å². The normalized spacial score (nSPS) is 17.6. The molecule has 1 aliphatic rings. The van der Waals surface area contributed by atoms with E-state index in [9.17, 15) is 9.90 Å². The van der Waals surface area contributed by atoms with Crippen LogP contribution in [-0.4, -0.2) is 41.3 Å². The molecular weight excluding hydrogens is 336 g/mol. The fraction of sp³-hybridized carbons (Fsp3) is 0.158. The van der Waals surface area contributed by atoms with Gasteiger partial charge in [-0.1, -0.05) is 36.4 Å². The highest BCUT2D eigenvalue weighted by Crippen LogP contribution is 2.35. The number of phenolic OH excluding ortho intramolecular Hbond substituents is 1. The molecular formula is C19H18N2O3S. The highest BCUT2D eigenvalue weighted by Gasteiger charge is 2.33. The zero-order valence-corrected chi connectivity index (χ0v) is 14.6. The Balaban J connectivity index is 1.94. The van der Waals surface area contributed by atoms with Gasteiger partial charge in [-0.05, 0) is 36.0 Å². The van der Waals surface area contributed by atoms with Gasteiger partial charge in [-0.25, -0.2) is 4.99 Å². The minimum absolute atomic E-state index is 0.139. The Morgan fingerprint density at radius 3 is 2.60 bits per heavy atom. The Kier molecular flexibility index (Phi) is 5.53. The summed E-state index contributed by atoms with van der Waals surface area (Å²) in [6, 6.07) is 16.4. The highest BCUT2D eigenvalue weighted by molar-refractivity contribution is 8.18. The van der Waals surface area contributed by atoms with Crippen LogP contribution < -0.4 is 0 Å². The molecule has 1 aliphatic heterocycles. The summed E-state index contributed by atoms with van der Waals surface area (Å²) in [6.45, 7) is 0.843. The van der Waals surface area contributed by atoms with E-state index in [1.165, 1.54) is 11.8 Å². The molecule has 1 heterocycles. The number of carbonyl (C=O) groups excluding carboxylic acids is 1. The van der Waals surface area contributed by atoms with Crippen molar-refractivity contribution in [3.63, 3.8) is 0 Å². The maximum atomic E-state index is 12.7. The van der Waals surface area contributed by atoms with Gasteiger partial charge < -0.3 is 9.84 Å². The number of nitrogens with zero attached hydrogens (tertiary/aromatic N) is 2. The summed E-state index contributed by atoms with van der Waals surface area (Å²) < 4.78 is 5.11. The van der Waals surface area contributed by atoms with E-state index in [0.29, 0.717) is 28.8 Å². The first-order valence-corrected chi connectivity index (χ1v) is 8.63. The molecule has 0 atom stereocenters. The van der Waals surface area contributed by atoms with Gasteiger partial charge in [-0.15, -0.1) is 0 Å². The summed E-state index contributed by atoms with van der Waals surface area (Å²) in [5, 5.41) is 10.5. The minimum atomic E-state index is -0.139. The van der Waals surface area contributed by atoms with Gasteiger partial charge >= 0.3 is 0 Å². The number of methoxy groups -OCH3 is 1. The number of carbonyl (C=O) groups is 1. The number of aromatic hydroxyl groups is 1. The van der Waals surface area contributed by atoms with Gasteiger partial charge in [0.1, 0.15) is 5.75 Å². The summed E-state index contributed by atoms with van der Waals surface area (Å²) in [7, 11) is 1.60. The van der Waals surface area contributed by atoms with Crippen molar-refractivity contribution in [1.29, 1.82) is 0 Å². The fourth-order valence-electron chi connectivity index (χ4n) is 2.33. The molecule has 25 heavy (non-hydrogen) atoms. The first-order valence-electron chi connectivity index (χ1n) is 7.81. The third-order valence-electron chi connectivity index (χ3n) is 3.61. The third kappa shape index (κ3) is 4.10. The second-order valence-electron chi connectivity index (χ2n) is 5.35. The summed E-state index contributed by atoms with van der Waals surface area (Å²) >= 11 is 1.30. The van der Waals surface area contributed by atoms with Crippen LogP contribution in [0.2, 0.25) is 0 Å². The Hall–Kier alpha value is -2.57. The van der Waals surface area contributed by atoms with E-state index >= 15 is 0 Å². The van der Waals surface area contributed by atoms with Gasteiger partial charge in [0.2, 0.25) is 0 Å². The molecule has 0 aromatic heterocycles. The van der Waals surface area contributed by atoms with Crippen molar-refractivity contribution < 1.29 is 14.6 Å². The topological polar surface area (TPSA) is 62.1 Å². The largest absolute Gasteiger partial charge is 0.507 e. The summed E-state index contributed by atoms with van der Waals surface area (Å²) in [4.78, 5) is 19.5. The number of phenols is 1. The molecule has 1 N–H and O–H groups in total. The van der Waals surface area contributed by atoms with Crippen LogP contribution in [0.25, 0.3) is 6.08 Å². The summed E-state index contributed by atoms with van der Waals surface area (Å²) in [5.41, 5.74) is 1.38. The number of hydrogen-bond acceptors (Lipinski definition) is 5. The maximum absolute atomic E-state index is 12.7. The zero-order chi connectivity index (χ0) is 17.6. The van der Waals surface area contributed by atoms with Crippen molar-refractivity contribution in [3.8, 4) is 5.75 Å². The van der Waals surface area contributed by atoms with Crippen LogP contribution >= 0.6 is 11.8 Å². The predicted molar refractivity (Wildman–Crippen MR) is 101 cm³/mol. The number of amides is 1. The van der Waals surface area contributed by atoms with Crippen molar-refractivity contribution in [2.45, 2.75) is 0 Å². The Labute approximate surface area is 150 Å². The van der Waals surface area contributed by atoms with Crippen molar-refractivity contribution in [1.82, 2.24) is 4.90 Å². The molecule has 0 spiro atoms. The van der Waals surface area contributed by atoms with E-state index in [-0.39, 0.29) is 11.7 Å². The molecule has 2 aromatic rings. The molecule has 1 saturated heterocycles. The number of amidine groups is 1. The van der Waals surface area contributed by atoms with E-state index < -0.39 is 0 Å². The van der Waals surface area contributed by atoms with Crippen molar-refractivity contribution in [3.05, 3.63) is 65.1 Å². The van der Waals surface area contributed by atoms with E-state index in [2.05, 4.69) is 4.99 Å². The second kappa shape index (κ2) is 8.00. The first kappa shape index (κ1) is 17.3. The molecule has 0 saturated carbocycles. The number of para-hydroxylation sites is 2. The standard InChI is InChI=1S/C19H18N2O3S/c1-24-12-11-21-18(23)17(13-14-7-5-6-10-16(14)22)25-19(21)20-15-8-3-2-4-9-15/h2-10,13,22H,11-12H2,1H3/b17-13-,20-19?. The monoisotopic (exact) mass is 354 g/mol. The first-order chi connectivity index (χ1) is 12.2. The van der Waals surface area contributed by atoms with Gasteiger partial charge in [0.05, 0.1) is 23.7 Å². The number of hydrogen-bond donors (Lipinski definition) is 1. The van der Waals surface area contributed by atoms with Gasteiger partial charge in [0, 0.05) is 12.7 Å². The number of ether oxygens (including phenoxy) is 1. The Morgan fingerprint density at radius 2 is 1.88 bits per heavy atom. The molecule has 5 nitrogen and oxygen atoms in total. The van der Waals surface area contributed by atoms with Crippen molar-refractivity contribution in [2.24, 2.45) is 4.99 Å². The molecule has 6 heteroatoms. The molecule has 0 bridgehead atoms. The smallest absolute Gasteiger partial charge is 0.266 e. The lowest BCUT2D eigenvalue weighted by Crippen LogP contribution is -2.32. The number of benzene rings is 2. The molecule has 3 rings (SSSR count). The quantitative estimate of drug-likeness (QED) is 0.833. The van der Waals surface area contributed by atoms with Crippen molar-refractivity contribution >= 4 is 34.6 Å². The van der Waals surface area contributed by atoms with E-state index in [1.54, 1.807) is 36.3 Å². The van der Waals surface area contributed by atoms with Crippen LogP contribution in [0.15, 0.2) is 64.5 Å². The fourth-order valence-corrected chi connectivity index (χ4v) is 3.35. The average Bonchev–Trinajstić information content (AvgIpc) is 2.91. The highest BCUT2D eigenvalue weighted by atomic mass is 32.2. The van der Waals surface area contributed by atoms with Crippen molar-refractivity contribution in [2.75, 3.05) is 20.3 Å². The van der Waals surface area contributed by atoms with Crippen LogP contribution in [0.1, 0.15) is 5.56 Å². The maximum Gasteiger partial charge on any atom is 0.266 e. The lowest BCUT2D eigenvalue weighted by atomic mass is 10.2. The van der Waals surface area contributed by atoms with Crippen LogP contribution in [0.3, 0.4) is 0 Å². The molecule has 0 radical (unpaired) electrons. The van der Waals surface area contributed by atoms with E-state index in [4.69, 9.17) is 4.74 Å². The summed E-state index contributed by atoms with van der Waals surface area (Å²) in [5.74, 6) is 0.000254. The van der Waals surface area contributed by atoms with Crippen LogP contribution in [0.5, 0.6) is 5.75 Å². The second-order valence-corrected chi connectivity index (χ2v) is 6.36. The van der Waals surface area contributed by atoms with E-state index in [0.717, 1.165) is 5.69 Å². The van der Waals surface area contributed by atoms with E-state index in [1.807, 2.05) is 36.4 Å². The Bertz CT molecular complexity index is 818. The number of aliphatic imine (C=N–C) groups is 1. The Morgan fingerprint density at radius 1 is 1.16 bits per heavy atom.